The van der Waals surface area contributed by atoms with Crippen LogP contribution in [0.15, 0.2) is 16.9 Å². The van der Waals surface area contributed by atoms with E-state index in [0.717, 1.165) is 31.7 Å². The van der Waals surface area contributed by atoms with E-state index in [0.29, 0.717) is 0 Å². The second kappa shape index (κ2) is 3.12. The molecular formula is C9H14N2O2. The highest BCUT2D eigenvalue weighted by molar-refractivity contribution is 4.97. The van der Waals surface area contributed by atoms with Crippen molar-refractivity contribution in [2.45, 2.75) is 25.5 Å². The van der Waals surface area contributed by atoms with Gasteiger partial charge >= 0.3 is 0 Å². The van der Waals surface area contributed by atoms with Gasteiger partial charge in [-0.25, -0.2) is 0 Å². The van der Waals surface area contributed by atoms with Gasteiger partial charge in [0.25, 0.3) is 0 Å². The maximum atomic E-state index is 9.71. The van der Waals surface area contributed by atoms with Crippen molar-refractivity contribution in [2.75, 3.05) is 13.1 Å². The smallest absolute Gasteiger partial charge is 0.124 e. The summed E-state index contributed by atoms with van der Waals surface area (Å²) in [6.45, 7) is 4.29. The Morgan fingerprint density at radius 3 is 3.15 bits per heavy atom. The summed E-state index contributed by atoms with van der Waals surface area (Å²) in [6, 6.07) is 1.85. The van der Waals surface area contributed by atoms with Gasteiger partial charge < -0.3 is 9.63 Å². The van der Waals surface area contributed by atoms with Crippen LogP contribution in [-0.4, -0.2) is 33.9 Å². The average Bonchev–Trinajstić information content (AvgIpc) is 2.61. The molecule has 1 unspecified atom stereocenters. The third-order valence-electron chi connectivity index (χ3n) is 2.41. The van der Waals surface area contributed by atoms with Crippen molar-refractivity contribution < 1.29 is 9.63 Å². The molecule has 0 radical (unpaired) electrons. The Bertz CT molecular complexity index is 269. The summed E-state index contributed by atoms with van der Waals surface area (Å²) in [5.74, 6) is 0. The number of likely N-dealkylation sites (tertiary alicyclic amines) is 1. The molecule has 2 rings (SSSR count). The van der Waals surface area contributed by atoms with Crippen LogP contribution in [0, 0.1) is 0 Å². The van der Waals surface area contributed by atoms with Gasteiger partial charge in [0, 0.05) is 25.7 Å². The summed E-state index contributed by atoms with van der Waals surface area (Å²) in [5.41, 5.74) is 0.404. The van der Waals surface area contributed by atoms with E-state index in [1.807, 2.05) is 13.0 Å². The molecule has 1 fully saturated rings. The fourth-order valence-electron chi connectivity index (χ4n) is 1.72. The Balaban J connectivity index is 1.91. The minimum Gasteiger partial charge on any atom is -0.389 e. The molecular weight excluding hydrogens is 168 g/mol. The van der Waals surface area contributed by atoms with Gasteiger partial charge in [0.05, 0.1) is 11.3 Å². The van der Waals surface area contributed by atoms with Crippen LogP contribution in [-0.2, 0) is 6.54 Å². The molecule has 1 atom stereocenters. The van der Waals surface area contributed by atoms with E-state index in [9.17, 15) is 5.11 Å². The normalized spacial score (nSPS) is 29.7. The molecule has 1 aromatic heterocycles. The van der Waals surface area contributed by atoms with Crippen LogP contribution in [0.4, 0.5) is 0 Å². The molecule has 72 valence electrons. The molecule has 0 bridgehead atoms. The molecule has 0 aliphatic carbocycles. The number of hydrogen-bond donors (Lipinski definition) is 1. The summed E-state index contributed by atoms with van der Waals surface area (Å²) in [7, 11) is 0. The molecule has 0 amide bonds. The zero-order valence-electron chi connectivity index (χ0n) is 7.73. The highest BCUT2D eigenvalue weighted by Crippen LogP contribution is 2.21. The molecule has 2 heterocycles. The highest BCUT2D eigenvalue weighted by atomic mass is 16.5. The summed E-state index contributed by atoms with van der Waals surface area (Å²) in [4.78, 5) is 2.18. The first-order valence-electron chi connectivity index (χ1n) is 4.50. The number of nitrogens with zero attached hydrogens (tertiary/aromatic N) is 2. The molecule has 1 saturated heterocycles. The molecule has 1 aliphatic rings. The lowest BCUT2D eigenvalue weighted by atomic mass is 10.1. The first kappa shape index (κ1) is 8.72. The fraction of sp³-hybridized carbons (Fsp3) is 0.667. The van der Waals surface area contributed by atoms with E-state index >= 15 is 0 Å². The Kier molecular flexibility index (Phi) is 2.09. The van der Waals surface area contributed by atoms with E-state index in [-0.39, 0.29) is 0 Å². The van der Waals surface area contributed by atoms with Crippen LogP contribution in [0.25, 0.3) is 0 Å². The van der Waals surface area contributed by atoms with Crippen molar-refractivity contribution in [3.63, 3.8) is 0 Å². The van der Waals surface area contributed by atoms with Crippen LogP contribution in [0.1, 0.15) is 19.0 Å². The van der Waals surface area contributed by atoms with Gasteiger partial charge in [-0.3, -0.25) is 4.90 Å². The van der Waals surface area contributed by atoms with Gasteiger partial charge in [0.2, 0.25) is 0 Å². The van der Waals surface area contributed by atoms with Crippen molar-refractivity contribution in [3.8, 4) is 0 Å². The molecule has 0 saturated carbocycles. The van der Waals surface area contributed by atoms with E-state index in [1.54, 1.807) is 6.26 Å². The monoisotopic (exact) mass is 182 g/mol. The Morgan fingerprint density at radius 2 is 2.62 bits per heavy atom. The van der Waals surface area contributed by atoms with Crippen molar-refractivity contribution >= 4 is 0 Å². The summed E-state index contributed by atoms with van der Waals surface area (Å²) >= 11 is 0. The molecule has 0 aromatic carbocycles. The third kappa shape index (κ3) is 2.08. The number of aliphatic hydroxyl groups is 1. The largest absolute Gasteiger partial charge is 0.389 e. The zero-order chi connectivity index (χ0) is 9.31. The Labute approximate surface area is 77.1 Å². The summed E-state index contributed by atoms with van der Waals surface area (Å²) < 4.78 is 4.74. The average molecular weight is 182 g/mol. The molecule has 13 heavy (non-hydrogen) atoms. The maximum Gasteiger partial charge on any atom is 0.124 e. The number of aromatic nitrogens is 1. The lowest BCUT2D eigenvalue weighted by Gasteiger charge is -2.17. The fourth-order valence-corrected chi connectivity index (χ4v) is 1.72. The van der Waals surface area contributed by atoms with Gasteiger partial charge in [0.1, 0.15) is 6.26 Å². The Hall–Kier alpha value is -0.870. The highest BCUT2D eigenvalue weighted by Gasteiger charge is 2.31. The third-order valence-corrected chi connectivity index (χ3v) is 2.41. The minimum atomic E-state index is -0.524. The van der Waals surface area contributed by atoms with E-state index < -0.39 is 5.60 Å². The first-order chi connectivity index (χ1) is 6.16. The molecule has 4 nitrogen and oxygen atoms in total. The second-order valence-electron chi connectivity index (χ2n) is 3.95. The van der Waals surface area contributed by atoms with Crippen LogP contribution >= 0.6 is 0 Å². The molecule has 1 N–H and O–H groups in total. The summed E-state index contributed by atoms with van der Waals surface area (Å²) in [6.07, 6.45) is 2.41. The second-order valence-corrected chi connectivity index (χ2v) is 3.95. The number of β-amino-alcohol motifs (C(OH)–C–C–N with tert-alkyl or cyclic N) is 1. The number of rotatable bonds is 2. The number of hydrogen-bond acceptors (Lipinski definition) is 4. The van der Waals surface area contributed by atoms with Crippen molar-refractivity contribution in [3.05, 3.63) is 18.0 Å². The quantitative estimate of drug-likeness (QED) is 0.729. The predicted molar refractivity (Wildman–Crippen MR) is 47.0 cm³/mol. The van der Waals surface area contributed by atoms with Gasteiger partial charge in [-0.05, 0) is 13.3 Å². The summed E-state index contributed by atoms with van der Waals surface area (Å²) in [5, 5.41) is 13.5. The van der Waals surface area contributed by atoms with E-state index in [1.165, 1.54) is 0 Å². The van der Waals surface area contributed by atoms with Gasteiger partial charge in [-0.2, -0.15) is 0 Å². The van der Waals surface area contributed by atoms with Crippen LogP contribution in [0.3, 0.4) is 0 Å². The van der Waals surface area contributed by atoms with Gasteiger partial charge in [0.15, 0.2) is 0 Å². The van der Waals surface area contributed by atoms with Gasteiger partial charge in [-0.15, -0.1) is 0 Å². The SMILES string of the molecule is CC1(O)CCN(Cc2ccon2)C1. The topological polar surface area (TPSA) is 49.5 Å². The predicted octanol–water partition coefficient (Wildman–Crippen LogP) is 0.631. The van der Waals surface area contributed by atoms with Gasteiger partial charge in [-0.1, -0.05) is 5.16 Å². The Morgan fingerprint density at radius 1 is 1.77 bits per heavy atom. The first-order valence-corrected chi connectivity index (χ1v) is 4.50. The molecule has 1 aliphatic heterocycles. The molecule has 4 heteroatoms. The molecule has 1 aromatic rings. The van der Waals surface area contributed by atoms with Crippen molar-refractivity contribution in [2.24, 2.45) is 0 Å². The zero-order valence-corrected chi connectivity index (χ0v) is 7.73. The minimum absolute atomic E-state index is 0.524. The van der Waals surface area contributed by atoms with Crippen LogP contribution in [0.5, 0.6) is 0 Å². The van der Waals surface area contributed by atoms with Crippen molar-refractivity contribution in [1.82, 2.24) is 10.1 Å². The maximum absolute atomic E-state index is 9.71. The van der Waals surface area contributed by atoms with Crippen molar-refractivity contribution in [1.29, 1.82) is 0 Å². The van der Waals surface area contributed by atoms with E-state index in [2.05, 4.69) is 10.1 Å². The van der Waals surface area contributed by atoms with E-state index in [4.69, 9.17) is 4.52 Å². The molecule has 0 spiro atoms. The van der Waals surface area contributed by atoms with Crippen LogP contribution in [0.2, 0.25) is 0 Å². The lowest BCUT2D eigenvalue weighted by Crippen LogP contribution is -2.29. The standard InChI is InChI=1S/C9H14N2O2/c1-9(12)3-4-11(7-9)6-8-2-5-13-10-8/h2,5,12H,3-4,6-7H2,1H3. The lowest BCUT2D eigenvalue weighted by molar-refractivity contribution is 0.0676. The van der Waals surface area contributed by atoms with Crippen LogP contribution < -0.4 is 0 Å².